The van der Waals surface area contributed by atoms with E-state index in [4.69, 9.17) is 4.42 Å². The molecule has 0 saturated heterocycles. The third kappa shape index (κ3) is 2.64. The van der Waals surface area contributed by atoms with Crippen LogP contribution in [0.3, 0.4) is 0 Å². The molecule has 23 heavy (non-hydrogen) atoms. The SMILES string of the molecule is CCc1ccc(-c2nc3cc(-c4ccccc4)ccc3o2)cc1. The number of aromatic nitrogens is 1. The van der Waals surface area contributed by atoms with Crippen LogP contribution in [-0.4, -0.2) is 4.98 Å². The van der Waals surface area contributed by atoms with Gasteiger partial charge in [-0.15, -0.1) is 0 Å². The van der Waals surface area contributed by atoms with Gasteiger partial charge in [-0.05, 0) is 47.4 Å². The molecule has 0 bridgehead atoms. The van der Waals surface area contributed by atoms with E-state index < -0.39 is 0 Å². The van der Waals surface area contributed by atoms with Gasteiger partial charge in [0.1, 0.15) is 5.52 Å². The predicted octanol–water partition coefficient (Wildman–Crippen LogP) is 5.72. The summed E-state index contributed by atoms with van der Waals surface area (Å²) in [7, 11) is 0. The lowest BCUT2D eigenvalue weighted by Gasteiger charge is -1.99. The van der Waals surface area contributed by atoms with Gasteiger partial charge in [0, 0.05) is 5.56 Å². The Morgan fingerprint density at radius 3 is 2.26 bits per heavy atom. The maximum Gasteiger partial charge on any atom is 0.227 e. The Bertz CT molecular complexity index is 937. The van der Waals surface area contributed by atoms with Crippen LogP contribution in [0.4, 0.5) is 0 Å². The fourth-order valence-corrected chi connectivity index (χ4v) is 2.74. The average Bonchev–Trinajstić information content (AvgIpc) is 3.06. The Labute approximate surface area is 135 Å². The van der Waals surface area contributed by atoms with Crippen molar-refractivity contribution in [3.8, 4) is 22.6 Å². The van der Waals surface area contributed by atoms with Gasteiger partial charge in [-0.1, -0.05) is 55.5 Å². The van der Waals surface area contributed by atoms with Crippen LogP contribution in [0.25, 0.3) is 33.7 Å². The van der Waals surface area contributed by atoms with Crippen LogP contribution >= 0.6 is 0 Å². The summed E-state index contributed by atoms with van der Waals surface area (Å²) in [5, 5.41) is 0. The zero-order valence-corrected chi connectivity index (χ0v) is 13.0. The van der Waals surface area contributed by atoms with Crippen LogP contribution in [0.15, 0.2) is 77.2 Å². The molecule has 0 atom stereocenters. The maximum absolute atomic E-state index is 5.91. The summed E-state index contributed by atoms with van der Waals surface area (Å²) in [5.41, 5.74) is 6.38. The average molecular weight is 299 g/mol. The van der Waals surface area contributed by atoms with Gasteiger partial charge in [-0.3, -0.25) is 0 Å². The zero-order valence-electron chi connectivity index (χ0n) is 13.0. The van der Waals surface area contributed by atoms with E-state index in [0.717, 1.165) is 28.6 Å². The number of rotatable bonds is 3. The quantitative estimate of drug-likeness (QED) is 0.483. The Hall–Kier alpha value is -2.87. The van der Waals surface area contributed by atoms with Gasteiger partial charge < -0.3 is 4.42 Å². The normalized spacial score (nSPS) is 11.0. The highest BCUT2D eigenvalue weighted by Crippen LogP contribution is 2.28. The summed E-state index contributed by atoms with van der Waals surface area (Å²) < 4.78 is 5.91. The van der Waals surface area contributed by atoms with Crippen molar-refractivity contribution < 1.29 is 4.42 Å². The van der Waals surface area contributed by atoms with Crippen molar-refractivity contribution in [2.24, 2.45) is 0 Å². The number of oxazole rings is 1. The molecule has 2 heteroatoms. The smallest absolute Gasteiger partial charge is 0.227 e. The molecular formula is C21H17NO. The van der Waals surface area contributed by atoms with Crippen LogP contribution in [0.1, 0.15) is 12.5 Å². The van der Waals surface area contributed by atoms with E-state index in [0.29, 0.717) is 5.89 Å². The molecule has 4 rings (SSSR count). The Morgan fingerprint density at radius 1 is 0.783 bits per heavy atom. The molecule has 1 aromatic heterocycles. The van der Waals surface area contributed by atoms with Gasteiger partial charge in [-0.25, -0.2) is 4.98 Å². The topological polar surface area (TPSA) is 26.0 Å². The first-order valence-electron chi connectivity index (χ1n) is 7.89. The second kappa shape index (κ2) is 5.73. The molecule has 0 unspecified atom stereocenters. The van der Waals surface area contributed by atoms with E-state index in [9.17, 15) is 0 Å². The van der Waals surface area contributed by atoms with Crippen molar-refractivity contribution in [3.05, 3.63) is 78.4 Å². The molecule has 112 valence electrons. The largest absolute Gasteiger partial charge is 0.436 e. The summed E-state index contributed by atoms with van der Waals surface area (Å²) in [6.45, 7) is 2.15. The van der Waals surface area contributed by atoms with Crippen LogP contribution in [-0.2, 0) is 6.42 Å². The fraction of sp³-hybridized carbons (Fsp3) is 0.0952. The van der Waals surface area contributed by atoms with Gasteiger partial charge in [0.2, 0.25) is 5.89 Å². The number of fused-ring (bicyclic) bond motifs is 1. The molecular weight excluding hydrogens is 282 g/mol. The molecule has 0 aliphatic rings. The van der Waals surface area contributed by atoms with Crippen molar-refractivity contribution in [2.45, 2.75) is 13.3 Å². The lowest BCUT2D eigenvalue weighted by molar-refractivity contribution is 0.620. The summed E-state index contributed by atoms with van der Waals surface area (Å²) >= 11 is 0. The van der Waals surface area contributed by atoms with E-state index in [2.05, 4.69) is 60.4 Å². The summed E-state index contributed by atoms with van der Waals surface area (Å²) in [5.74, 6) is 0.674. The van der Waals surface area contributed by atoms with Crippen molar-refractivity contribution >= 4 is 11.1 Å². The lowest BCUT2D eigenvalue weighted by atomic mass is 10.1. The van der Waals surface area contributed by atoms with Gasteiger partial charge >= 0.3 is 0 Å². The van der Waals surface area contributed by atoms with Crippen LogP contribution in [0.2, 0.25) is 0 Å². The first-order chi connectivity index (χ1) is 11.3. The first-order valence-corrected chi connectivity index (χ1v) is 7.89. The molecule has 0 aliphatic carbocycles. The van der Waals surface area contributed by atoms with E-state index in [1.165, 1.54) is 11.1 Å². The van der Waals surface area contributed by atoms with E-state index in [1.807, 2.05) is 24.3 Å². The van der Waals surface area contributed by atoms with Crippen LogP contribution in [0, 0.1) is 0 Å². The standard InChI is InChI=1S/C21H17NO/c1-2-15-8-10-17(11-9-15)21-22-19-14-18(12-13-20(19)23-21)16-6-4-3-5-7-16/h3-14H,2H2,1H3. The second-order valence-electron chi connectivity index (χ2n) is 5.62. The fourth-order valence-electron chi connectivity index (χ4n) is 2.74. The highest BCUT2D eigenvalue weighted by Gasteiger charge is 2.09. The Kier molecular flexibility index (Phi) is 3.43. The molecule has 2 nitrogen and oxygen atoms in total. The Balaban J connectivity index is 1.75. The molecule has 4 aromatic rings. The molecule has 1 heterocycles. The highest BCUT2D eigenvalue weighted by atomic mass is 16.3. The summed E-state index contributed by atoms with van der Waals surface area (Å²) in [4.78, 5) is 4.66. The molecule has 0 radical (unpaired) electrons. The van der Waals surface area contributed by atoms with Gasteiger partial charge in [0.05, 0.1) is 0 Å². The molecule has 0 saturated carbocycles. The molecule has 0 amide bonds. The minimum Gasteiger partial charge on any atom is -0.436 e. The van der Waals surface area contributed by atoms with Crippen molar-refractivity contribution in [1.29, 1.82) is 0 Å². The molecule has 0 fully saturated rings. The zero-order chi connectivity index (χ0) is 15.6. The maximum atomic E-state index is 5.91. The number of nitrogens with zero attached hydrogens (tertiary/aromatic N) is 1. The molecule has 3 aromatic carbocycles. The van der Waals surface area contributed by atoms with Crippen molar-refractivity contribution in [3.63, 3.8) is 0 Å². The molecule has 0 aliphatic heterocycles. The van der Waals surface area contributed by atoms with Crippen LogP contribution in [0.5, 0.6) is 0 Å². The third-order valence-corrected chi connectivity index (χ3v) is 4.10. The van der Waals surface area contributed by atoms with Gasteiger partial charge in [-0.2, -0.15) is 0 Å². The number of benzene rings is 3. The summed E-state index contributed by atoms with van der Waals surface area (Å²) in [6, 6.07) is 24.9. The Morgan fingerprint density at radius 2 is 1.52 bits per heavy atom. The predicted molar refractivity (Wildman–Crippen MR) is 94.3 cm³/mol. The minimum atomic E-state index is 0.674. The number of aryl methyl sites for hydroxylation is 1. The highest BCUT2D eigenvalue weighted by molar-refractivity contribution is 5.82. The second-order valence-corrected chi connectivity index (χ2v) is 5.62. The van der Waals surface area contributed by atoms with Crippen molar-refractivity contribution in [1.82, 2.24) is 4.98 Å². The van der Waals surface area contributed by atoms with Gasteiger partial charge in [0.25, 0.3) is 0 Å². The number of hydrogen-bond donors (Lipinski definition) is 0. The third-order valence-electron chi connectivity index (χ3n) is 4.10. The van der Waals surface area contributed by atoms with E-state index in [1.54, 1.807) is 0 Å². The van der Waals surface area contributed by atoms with Gasteiger partial charge in [0.15, 0.2) is 5.58 Å². The lowest BCUT2D eigenvalue weighted by Crippen LogP contribution is -1.81. The van der Waals surface area contributed by atoms with Crippen LogP contribution < -0.4 is 0 Å². The first kappa shape index (κ1) is 13.8. The number of hydrogen-bond acceptors (Lipinski definition) is 2. The molecule has 0 spiro atoms. The monoisotopic (exact) mass is 299 g/mol. The van der Waals surface area contributed by atoms with Crippen molar-refractivity contribution in [2.75, 3.05) is 0 Å². The van der Waals surface area contributed by atoms with E-state index >= 15 is 0 Å². The molecule has 0 N–H and O–H groups in total. The summed E-state index contributed by atoms with van der Waals surface area (Å²) in [6.07, 6.45) is 1.04. The van der Waals surface area contributed by atoms with E-state index in [-0.39, 0.29) is 0 Å². The minimum absolute atomic E-state index is 0.674.